The molecule has 0 heterocycles. The first-order valence-corrected chi connectivity index (χ1v) is 8.17. The standard InChI is InChI=1S/C19H33NO/c1-6-9-19(21)20-15-14-18(5)13-8-12-17(4)11-7-10-16(2)3/h10,12,14H,6-9,11,13,15H2,1-5H3,(H,20,21)/b17-12+,18-14+. The Bertz CT molecular complexity index is 384. The number of carbonyl (C=O) groups excluding carboxylic acids is 1. The number of allylic oxidation sites excluding steroid dienone is 5. The topological polar surface area (TPSA) is 29.1 Å². The smallest absolute Gasteiger partial charge is 0.220 e. The quantitative estimate of drug-likeness (QED) is 0.542. The molecular weight excluding hydrogens is 258 g/mol. The molecule has 0 radical (unpaired) electrons. The van der Waals surface area contributed by atoms with Crippen molar-refractivity contribution in [3.63, 3.8) is 0 Å². The molecule has 1 amide bonds. The van der Waals surface area contributed by atoms with Gasteiger partial charge < -0.3 is 5.32 Å². The van der Waals surface area contributed by atoms with Crippen molar-refractivity contribution in [3.05, 3.63) is 34.9 Å². The fourth-order valence-electron chi connectivity index (χ4n) is 1.99. The molecular formula is C19H33NO. The van der Waals surface area contributed by atoms with Gasteiger partial charge in [-0.15, -0.1) is 0 Å². The Morgan fingerprint density at radius 3 is 2.00 bits per heavy atom. The van der Waals surface area contributed by atoms with Crippen molar-refractivity contribution in [2.24, 2.45) is 0 Å². The highest BCUT2D eigenvalue weighted by Gasteiger charge is 1.96. The molecule has 0 aliphatic heterocycles. The highest BCUT2D eigenvalue weighted by Crippen LogP contribution is 2.11. The van der Waals surface area contributed by atoms with Crippen molar-refractivity contribution >= 4 is 5.91 Å². The van der Waals surface area contributed by atoms with Crippen molar-refractivity contribution in [2.45, 2.75) is 73.1 Å². The minimum Gasteiger partial charge on any atom is -0.353 e. The second kappa shape index (κ2) is 12.4. The molecule has 0 aromatic carbocycles. The van der Waals surface area contributed by atoms with Gasteiger partial charge in [0.1, 0.15) is 0 Å². The van der Waals surface area contributed by atoms with Crippen molar-refractivity contribution in [2.75, 3.05) is 6.54 Å². The Morgan fingerprint density at radius 2 is 1.43 bits per heavy atom. The van der Waals surface area contributed by atoms with E-state index in [-0.39, 0.29) is 5.91 Å². The Balaban J connectivity index is 3.88. The van der Waals surface area contributed by atoms with Gasteiger partial charge in [-0.1, -0.05) is 41.9 Å². The van der Waals surface area contributed by atoms with Crippen LogP contribution in [0.4, 0.5) is 0 Å². The van der Waals surface area contributed by atoms with E-state index in [2.05, 4.69) is 51.2 Å². The lowest BCUT2D eigenvalue weighted by atomic mass is 10.1. The fraction of sp³-hybridized carbons (Fsp3) is 0.632. The summed E-state index contributed by atoms with van der Waals surface area (Å²) in [5.41, 5.74) is 4.21. The van der Waals surface area contributed by atoms with Crippen LogP contribution in [0.5, 0.6) is 0 Å². The summed E-state index contributed by atoms with van der Waals surface area (Å²) in [6.07, 6.45) is 12.7. The molecule has 0 bridgehead atoms. The number of nitrogens with one attached hydrogen (secondary N) is 1. The lowest BCUT2D eigenvalue weighted by Crippen LogP contribution is -2.22. The van der Waals surface area contributed by atoms with Crippen molar-refractivity contribution in [1.82, 2.24) is 5.32 Å². The van der Waals surface area contributed by atoms with Gasteiger partial charge in [0.05, 0.1) is 0 Å². The number of hydrogen-bond donors (Lipinski definition) is 1. The van der Waals surface area contributed by atoms with E-state index in [0.717, 1.165) is 32.1 Å². The van der Waals surface area contributed by atoms with E-state index in [1.165, 1.54) is 16.7 Å². The van der Waals surface area contributed by atoms with Crippen LogP contribution in [0.3, 0.4) is 0 Å². The van der Waals surface area contributed by atoms with Crippen molar-refractivity contribution < 1.29 is 4.79 Å². The highest BCUT2D eigenvalue weighted by atomic mass is 16.1. The van der Waals surface area contributed by atoms with Crippen molar-refractivity contribution in [3.8, 4) is 0 Å². The van der Waals surface area contributed by atoms with Crippen LogP contribution in [-0.2, 0) is 4.79 Å². The molecule has 2 nitrogen and oxygen atoms in total. The summed E-state index contributed by atoms with van der Waals surface area (Å²) in [6.45, 7) is 11.3. The van der Waals surface area contributed by atoms with Gasteiger partial charge in [0.15, 0.2) is 0 Å². The highest BCUT2D eigenvalue weighted by molar-refractivity contribution is 5.75. The van der Waals surface area contributed by atoms with E-state index in [4.69, 9.17) is 0 Å². The van der Waals surface area contributed by atoms with Gasteiger partial charge in [-0.25, -0.2) is 0 Å². The van der Waals surface area contributed by atoms with Gasteiger partial charge in [0.2, 0.25) is 5.91 Å². The number of carbonyl (C=O) groups is 1. The first kappa shape index (κ1) is 19.7. The zero-order chi connectivity index (χ0) is 16.1. The summed E-state index contributed by atoms with van der Waals surface area (Å²) in [4.78, 5) is 11.3. The lowest BCUT2D eigenvalue weighted by Gasteiger charge is -2.03. The lowest BCUT2D eigenvalue weighted by molar-refractivity contribution is -0.120. The first-order chi connectivity index (χ1) is 9.95. The van der Waals surface area contributed by atoms with Crippen molar-refractivity contribution in [1.29, 1.82) is 0 Å². The minimum atomic E-state index is 0.150. The average molecular weight is 291 g/mol. The van der Waals surface area contributed by atoms with Gasteiger partial charge in [-0.05, 0) is 59.8 Å². The molecule has 0 rings (SSSR count). The molecule has 0 saturated carbocycles. The second-order valence-corrected chi connectivity index (χ2v) is 6.01. The summed E-state index contributed by atoms with van der Waals surface area (Å²) in [7, 11) is 0. The number of hydrogen-bond acceptors (Lipinski definition) is 1. The maximum absolute atomic E-state index is 11.3. The van der Waals surface area contributed by atoms with Crippen LogP contribution in [0.2, 0.25) is 0 Å². The van der Waals surface area contributed by atoms with Crippen LogP contribution in [-0.4, -0.2) is 12.5 Å². The molecule has 0 atom stereocenters. The molecule has 0 aliphatic rings. The zero-order valence-corrected chi connectivity index (χ0v) is 14.6. The summed E-state index contributed by atoms with van der Waals surface area (Å²) >= 11 is 0. The van der Waals surface area contributed by atoms with E-state index in [9.17, 15) is 4.79 Å². The normalized spacial score (nSPS) is 12.2. The van der Waals surface area contributed by atoms with Crippen LogP contribution in [0.15, 0.2) is 34.9 Å². The van der Waals surface area contributed by atoms with E-state index in [1.54, 1.807) is 0 Å². The summed E-state index contributed by atoms with van der Waals surface area (Å²) in [6, 6.07) is 0. The molecule has 120 valence electrons. The first-order valence-electron chi connectivity index (χ1n) is 8.17. The molecule has 21 heavy (non-hydrogen) atoms. The van der Waals surface area contributed by atoms with Gasteiger partial charge in [0.25, 0.3) is 0 Å². The minimum absolute atomic E-state index is 0.150. The third-order valence-electron chi connectivity index (χ3n) is 3.35. The van der Waals surface area contributed by atoms with Crippen LogP contribution >= 0.6 is 0 Å². The van der Waals surface area contributed by atoms with E-state index in [0.29, 0.717) is 13.0 Å². The molecule has 2 heteroatoms. The number of amides is 1. The van der Waals surface area contributed by atoms with Crippen LogP contribution in [0.25, 0.3) is 0 Å². The fourth-order valence-corrected chi connectivity index (χ4v) is 1.99. The van der Waals surface area contributed by atoms with Gasteiger partial charge in [-0.2, -0.15) is 0 Å². The van der Waals surface area contributed by atoms with Crippen LogP contribution in [0.1, 0.15) is 73.1 Å². The van der Waals surface area contributed by atoms with Crippen LogP contribution in [0, 0.1) is 0 Å². The average Bonchev–Trinajstić information content (AvgIpc) is 2.38. The van der Waals surface area contributed by atoms with E-state index < -0.39 is 0 Å². The van der Waals surface area contributed by atoms with E-state index >= 15 is 0 Å². The molecule has 0 fully saturated rings. The third-order valence-corrected chi connectivity index (χ3v) is 3.35. The third kappa shape index (κ3) is 13.4. The maximum Gasteiger partial charge on any atom is 0.220 e. The second-order valence-electron chi connectivity index (χ2n) is 6.01. The largest absolute Gasteiger partial charge is 0.353 e. The monoisotopic (exact) mass is 291 g/mol. The Hall–Kier alpha value is -1.31. The SMILES string of the molecule is CCCC(=O)NC/C=C(\C)CC/C=C(\C)CCC=C(C)C. The molecule has 0 unspecified atom stereocenters. The molecule has 1 N–H and O–H groups in total. The zero-order valence-electron chi connectivity index (χ0n) is 14.6. The van der Waals surface area contributed by atoms with Crippen LogP contribution < -0.4 is 5.32 Å². The molecule has 0 aromatic rings. The maximum atomic E-state index is 11.3. The predicted molar refractivity (Wildman–Crippen MR) is 93.3 cm³/mol. The number of rotatable bonds is 10. The van der Waals surface area contributed by atoms with Gasteiger partial charge >= 0.3 is 0 Å². The summed E-state index contributed by atoms with van der Waals surface area (Å²) in [5, 5.41) is 2.91. The molecule has 0 saturated heterocycles. The molecule has 0 aromatic heterocycles. The van der Waals surface area contributed by atoms with E-state index in [1.807, 2.05) is 6.92 Å². The molecule has 0 spiro atoms. The molecule has 0 aliphatic carbocycles. The van der Waals surface area contributed by atoms with Gasteiger partial charge in [0, 0.05) is 13.0 Å². The van der Waals surface area contributed by atoms with Gasteiger partial charge in [-0.3, -0.25) is 4.79 Å². The Morgan fingerprint density at radius 1 is 0.857 bits per heavy atom. The summed E-state index contributed by atoms with van der Waals surface area (Å²) in [5.74, 6) is 0.150. The Kier molecular flexibility index (Phi) is 11.7. The Labute approximate surface area is 131 Å². The summed E-state index contributed by atoms with van der Waals surface area (Å²) < 4.78 is 0. The predicted octanol–water partition coefficient (Wildman–Crippen LogP) is 5.32.